The van der Waals surface area contributed by atoms with Gasteiger partial charge in [0.15, 0.2) is 0 Å². The van der Waals surface area contributed by atoms with Crippen molar-refractivity contribution in [1.82, 2.24) is 0 Å². The Hall–Kier alpha value is -0.820. The average molecular weight is 267 g/mol. The standard InChI is InChI=1S/C16H23ClO/c1-3-5-12-16(15(17)18,13-6-4-2)14-10-8-7-9-11-14/h7-11H,3-6,12-13H2,1-2H3. The molecule has 0 spiro atoms. The number of hydrogen-bond donors (Lipinski definition) is 0. The van der Waals surface area contributed by atoms with Gasteiger partial charge in [-0.2, -0.15) is 0 Å². The van der Waals surface area contributed by atoms with Gasteiger partial charge < -0.3 is 0 Å². The van der Waals surface area contributed by atoms with E-state index < -0.39 is 5.41 Å². The third-order valence-electron chi connectivity index (χ3n) is 3.62. The van der Waals surface area contributed by atoms with Crippen molar-refractivity contribution in [2.75, 3.05) is 0 Å². The molecule has 0 fully saturated rings. The average Bonchev–Trinajstić information content (AvgIpc) is 2.40. The van der Waals surface area contributed by atoms with Crippen LogP contribution in [-0.4, -0.2) is 5.24 Å². The van der Waals surface area contributed by atoms with Crippen molar-refractivity contribution >= 4 is 16.8 Å². The SMILES string of the molecule is CCCCC(CCCC)(C(=O)Cl)c1ccccc1. The lowest BCUT2D eigenvalue weighted by Gasteiger charge is -2.30. The van der Waals surface area contributed by atoms with Crippen molar-refractivity contribution in [2.24, 2.45) is 0 Å². The van der Waals surface area contributed by atoms with Crippen LogP contribution in [-0.2, 0) is 10.2 Å². The maximum atomic E-state index is 12.0. The minimum atomic E-state index is -0.477. The largest absolute Gasteiger partial charge is 0.280 e. The maximum Gasteiger partial charge on any atom is 0.232 e. The van der Waals surface area contributed by atoms with Gasteiger partial charge in [0.1, 0.15) is 0 Å². The highest BCUT2D eigenvalue weighted by Crippen LogP contribution is 2.37. The Morgan fingerprint density at radius 3 is 1.94 bits per heavy atom. The quantitative estimate of drug-likeness (QED) is 0.601. The monoisotopic (exact) mass is 266 g/mol. The lowest BCUT2D eigenvalue weighted by Crippen LogP contribution is -2.33. The summed E-state index contributed by atoms with van der Waals surface area (Å²) in [6, 6.07) is 10.0. The van der Waals surface area contributed by atoms with Crippen molar-refractivity contribution in [1.29, 1.82) is 0 Å². The summed E-state index contributed by atoms with van der Waals surface area (Å²) in [5.74, 6) is 0. The number of unbranched alkanes of at least 4 members (excludes halogenated alkanes) is 2. The van der Waals surface area contributed by atoms with Crippen LogP contribution in [0.15, 0.2) is 30.3 Å². The predicted octanol–water partition coefficient (Wildman–Crippen LogP) is 5.07. The molecule has 0 aliphatic carbocycles. The van der Waals surface area contributed by atoms with Crippen LogP contribution in [0.1, 0.15) is 57.9 Å². The molecule has 2 heteroatoms. The summed E-state index contributed by atoms with van der Waals surface area (Å²) < 4.78 is 0. The summed E-state index contributed by atoms with van der Waals surface area (Å²) >= 11 is 5.97. The Morgan fingerprint density at radius 1 is 1.06 bits per heavy atom. The molecule has 0 aromatic heterocycles. The van der Waals surface area contributed by atoms with E-state index in [1.165, 1.54) is 0 Å². The van der Waals surface area contributed by atoms with Gasteiger partial charge in [0, 0.05) is 0 Å². The van der Waals surface area contributed by atoms with Crippen LogP contribution in [0.2, 0.25) is 0 Å². The number of rotatable bonds is 8. The molecule has 0 atom stereocenters. The van der Waals surface area contributed by atoms with Crippen LogP contribution >= 0.6 is 11.6 Å². The van der Waals surface area contributed by atoms with E-state index >= 15 is 0 Å². The molecule has 0 unspecified atom stereocenters. The molecule has 0 N–H and O–H groups in total. The van der Waals surface area contributed by atoms with Gasteiger partial charge in [0.2, 0.25) is 5.24 Å². The van der Waals surface area contributed by atoms with E-state index in [1.54, 1.807) is 0 Å². The molecule has 0 heterocycles. The highest BCUT2D eigenvalue weighted by Gasteiger charge is 2.37. The minimum absolute atomic E-state index is 0.199. The van der Waals surface area contributed by atoms with E-state index in [4.69, 9.17) is 11.6 Å². The maximum absolute atomic E-state index is 12.0. The molecule has 100 valence electrons. The van der Waals surface area contributed by atoms with E-state index in [-0.39, 0.29) is 5.24 Å². The third kappa shape index (κ3) is 3.58. The van der Waals surface area contributed by atoms with E-state index in [0.717, 1.165) is 44.1 Å². The minimum Gasteiger partial charge on any atom is -0.280 e. The molecule has 0 saturated heterocycles. The van der Waals surface area contributed by atoms with E-state index in [9.17, 15) is 4.79 Å². The number of carbonyl (C=O) groups is 1. The van der Waals surface area contributed by atoms with Crippen molar-refractivity contribution < 1.29 is 4.79 Å². The van der Waals surface area contributed by atoms with Gasteiger partial charge in [-0.1, -0.05) is 69.9 Å². The van der Waals surface area contributed by atoms with Gasteiger partial charge in [-0.15, -0.1) is 0 Å². The Balaban J connectivity index is 3.07. The highest BCUT2D eigenvalue weighted by atomic mass is 35.5. The summed E-state index contributed by atoms with van der Waals surface area (Å²) in [4.78, 5) is 12.0. The first-order valence-corrected chi connectivity index (χ1v) is 7.30. The summed E-state index contributed by atoms with van der Waals surface area (Å²) in [6.45, 7) is 4.29. The van der Waals surface area contributed by atoms with E-state index in [0.29, 0.717) is 0 Å². The molecule has 0 aliphatic rings. The number of hydrogen-bond acceptors (Lipinski definition) is 1. The normalized spacial score (nSPS) is 11.5. The van der Waals surface area contributed by atoms with Crippen LogP contribution < -0.4 is 0 Å². The first-order valence-electron chi connectivity index (χ1n) is 6.93. The van der Waals surface area contributed by atoms with Gasteiger partial charge in [-0.3, -0.25) is 4.79 Å². The smallest absolute Gasteiger partial charge is 0.232 e. The van der Waals surface area contributed by atoms with Crippen molar-refractivity contribution in [2.45, 2.75) is 57.8 Å². The lowest BCUT2D eigenvalue weighted by atomic mass is 9.74. The zero-order valence-corrected chi connectivity index (χ0v) is 12.2. The number of benzene rings is 1. The molecule has 0 amide bonds. The van der Waals surface area contributed by atoms with Gasteiger partial charge in [0.25, 0.3) is 0 Å². The Bertz CT molecular complexity index is 351. The fourth-order valence-electron chi connectivity index (χ4n) is 2.44. The fraction of sp³-hybridized carbons (Fsp3) is 0.562. The molecule has 1 rings (SSSR count). The molecular weight excluding hydrogens is 244 g/mol. The highest BCUT2D eigenvalue weighted by molar-refractivity contribution is 6.65. The van der Waals surface area contributed by atoms with Gasteiger partial charge in [-0.05, 0) is 30.0 Å². The molecule has 1 aromatic carbocycles. The van der Waals surface area contributed by atoms with Gasteiger partial charge in [0.05, 0.1) is 5.41 Å². The van der Waals surface area contributed by atoms with Crippen LogP contribution in [0.4, 0.5) is 0 Å². The summed E-state index contributed by atoms with van der Waals surface area (Å²) in [5, 5.41) is -0.199. The van der Waals surface area contributed by atoms with Gasteiger partial charge in [-0.25, -0.2) is 0 Å². The second-order valence-electron chi connectivity index (χ2n) is 4.93. The van der Waals surface area contributed by atoms with Crippen LogP contribution in [0.5, 0.6) is 0 Å². The van der Waals surface area contributed by atoms with Crippen molar-refractivity contribution in [3.8, 4) is 0 Å². The second kappa shape index (κ2) is 7.58. The van der Waals surface area contributed by atoms with Crippen LogP contribution in [0.3, 0.4) is 0 Å². The first-order chi connectivity index (χ1) is 8.67. The zero-order valence-electron chi connectivity index (χ0n) is 11.4. The van der Waals surface area contributed by atoms with Crippen LogP contribution in [0.25, 0.3) is 0 Å². The first kappa shape index (κ1) is 15.2. The van der Waals surface area contributed by atoms with Crippen molar-refractivity contribution in [3.63, 3.8) is 0 Å². The summed E-state index contributed by atoms with van der Waals surface area (Å²) in [5.41, 5.74) is 0.598. The topological polar surface area (TPSA) is 17.1 Å². The zero-order chi connectivity index (χ0) is 13.4. The molecule has 1 aromatic rings. The molecule has 0 radical (unpaired) electrons. The van der Waals surface area contributed by atoms with E-state index in [1.807, 2.05) is 30.3 Å². The molecule has 18 heavy (non-hydrogen) atoms. The van der Waals surface area contributed by atoms with Gasteiger partial charge >= 0.3 is 0 Å². The Labute approximate surface area is 116 Å². The Kier molecular flexibility index (Phi) is 6.42. The lowest BCUT2D eigenvalue weighted by molar-refractivity contribution is -0.117. The number of carbonyl (C=O) groups excluding carboxylic acids is 1. The fourth-order valence-corrected chi connectivity index (χ4v) is 2.74. The predicted molar refractivity (Wildman–Crippen MR) is 78.0 cm³/mol. The number of halogens is 1. The molecule has 1 nitrogen and oxygen atoms in total. The molecule has 0 aliphatic heterocycles. The third-order valence-corrected chi connectivity index (χ3v) is 3.98. The summed E-state index contributed by atoms with van der Waals surface area (Å²) in [7, 11) is 0. The second-order valence-corrected chi connectivity index (χ2v) is 5.27. The molecule has 0 bridgehead atoms. The molecular formula is C16H23ClO. The van der Waals surface area contributed by atoms with E-state index in [2.05, 4.69) is 13.8 Å². The summed E-state index contributed by atoms with van der Waals surface area (Å²) in [6.07, 6.45) is 5.97. The van der Waals surface area contributed by atoms with Crippen LogP contribution in [0, 0.1) is 0 Å². The molecule has 0 saturated carbocycles. The van der Waals surface area contributed by atoms with Crippen molar-refractivity contribution in [3.05, 3.63) is 35.9 Å². The Morgan fingerprint density at radius 2 is 1.56 bits per heavy atom.